The highest BCUT2D eigenvalue weighted by atomic mass is 15.0. The summed E-state index contributed by atoms with van der Waals surface area (Å²) in [4.78, 5) is 0. The molecule has 3 heteroatoms. The van der Waals surface area contributed by atoms with Gasteiger partial charge < -0.3 is 9.88 Å². The van der Waals surface area contributed by atoms with Gasteiger partial charge in [-0.15, -0.1) is 0 Å². The van der Waals surface area contributed by atoms with Crippen LogP contribution in [0, 0.1) is 11.3 Å². The highest BCUT2D eigenvalue weighted by Gasteiger charge is 2.22. The van der Waals surface area contributed by atoms with E-state index in [1.807, 2.05) is 6.92 Å². The average Bonchev–Trinajstić information content (AvgIpc) is 2.72. The van der Waals surface area contributed by atoms with Crippen molar-refractivity contribution in [2.24, 2.45) is 7.05 Å². The maximum atomic E-state index is 9.12. The van der Waals surface area contributed by atoms with Crippen LogP contribution in [0.3, 0.4) is 0 Å². The van der Waals surface area contributed by atoms with Crippen molar-refractivity contribution in [3.63, 3.8) is 0 Å². The largest absolute Gasteiger partial charge is 0.382 e. The molecule has 1 aliphatic heterocycles. The third-order valence-corrected chi connectivity index (χ3v) is 3.67. The normalized spacial score (nSPS) is 16.9. The van der Waals surface area contributed by atoms with Crippen LogP contribution < -0.4 is 5.32 Å². The minimum atomic E-state index is 0.752. The Hall–Kier alpha value is -2.21. The van der Waals surface area contributed by atoms with Crippen molar-refractivity contribution in [2.45, 2.75) is 13.3 Å². The third kappa shape index (κ3) is 1.36. The molecule has 0 fully saturated rings. The van der Waals surface area contributed by atoms with Gasteiger partial charge in [0.05, 0.1) is 23.0 Å². The summed E-state index contributed by atoms with van der Waals surface area (Å²) in [5.74, 6) is 0. The fraction of sp³-hybridized carbons (Fsp3) is 0.267. The van der Waals surface area contributed by atoms with E-state index in [4.69, 9.17) is 5.26 Å². The van der Waals surface area contributed by atoms with E-state index in [-0.39, 0.29) is 0 Å². The summed E-state index contributed by atoms with van der Waals surface area (Å²) in [6.07, 6.45) is 1.01. The number of para-hydroxylation sites is 1. The van der Waals surface area contributed by atoms with Gasteiger partial charge in [-0.25, -0.2) is 0 Å². The van der Waals surface area contributed by atoms with Crippen LogP contribution in [0.2, 0.25) is 0 Å². The number of allylic oxidation sites excluding steroid dienone is 1. The Morgan fingerprint density at radius 2 is 2.17 bits per heavy atom. The molecule has 3 rings (SSSR count). The number of hydrogen-bond acceptors (Lipinski definition) is 2. The molecule has 90 valence electrons. The molecule has 0 atom stereocenters. The maximum Gasteiger partial charge on any atom is 0.0966 e. The van der Waals surface area contributed by atoms with Crippen molar-refractivity contribution in [2.75, 3.05) is 6.54 Å². The number of nitrogens with zero attached hydrogens (tertiary/aromatic N) is 2. The fourth-order valence-electron chi connectivity index (χ4n) is 2.81. The molecule has 0 saturated heterocycles. The van der Waals surface area contributed by atoms with Gasteiger partial charge in [0.2, 0.25) is 0 Å². The number of aromatic nitrogens is 1. The first-order chi connectivity index (χ1) is 8.74. The molecule has 0 amide bonds. The molecule has 0 unspecified atom stereocenters. The molecule has 0 saturated carbocycles. The van der Waals surface area contributed by atoms with Crippen molar-refractivity contribution < 1.29 is 0 Å². The highest BCUT2D eigenvalue weighted by Crippen LogP contribution is 2.32. The zero-order chi connectivity index (χ0) is 12.7. The summed E-state index contributed by atoms with van der Waals surface area (Å²) < 4.78 is 2.19. The van der Waals surface area contributed by atoms with E-state index < -0.39 is 0 Å². The summed E-state index contributed by atoms with van der Waals surface area (Å²) in [6, 6.07) is 10.7. The van der Waals surface area contributed by atoms with Crippen LogP contribution in [0.4, 0.5) is 0 Å². The second-order valence-electron chi connectivity index (χ2n) is 4.69. The van der Waals surface area contributed by atoms with Crippen molar-refractivity contribution in [3.8, 4) is 6.07 Å². The Morgan fingerprint density at radius 1 is 1.39 bits per heavy atom. The molecule has 3 nitrogen and oxygen atoms in total. The molecule has 2 heterocycles. The zero-order valence-corrected chi connectivity index (χ0v) is 10.6. The Morgan fingerprint density at radius 3 is 2.94 bits per heavy atom. The lowest BCUT2D eigenvalue weighted by molar-refractivity contribution is 0.782. The summed E-state index contributed by atoms with van der Waals surface area (Å²) >= 11 is 0. The molecule has 0 bridgehead atoms. The van der Waals surface area contributed by atoms with E-state index in [1.54, 1.807) is 0 Å². The summed E-state index contributed by atoms with van der Waals surface area (Å²) in [7, 11) is 2.07. The van der Waals surface area contributed by atoms with Gasteiger partial charge in [-0.1, -0.05) is 18.2 Å². The average molecular weight is 237 g/mol. The van der Waals surface area contributed by atoms with Gasteiger partial charge >= 0.3 is 0 Å². The predicted molar refractivity (Wildman–Crippen MR) is 72.8 cm³/mol. The van der Waals surface area contributed by atoms with Crippen LogP contribution in [0.5, 0.6) is 0 Å². The first kappa shape index (κ1) is 10.9. The topological polar surface area (TPSA) is 40.8 Å². The van der Waals surface area contributed by atoms with E-state index in [0.29, 0.717) is 0 Å². The predicted octanol–water partition coefficient (Wildman–Crippen LogP) is 2.58. The van der Waals surface area contributed by atoms with Crippen LogP contribution in [0.25, 0.3) is 16.6 Å². The second-order valence-corrected chi connectivity index (χ2v) is 4.69. The van der Waals surface area contributed by atoms with E-state index >= 15 is 0 Å². The smallest absolute Gasteiger partial charge is 0.0966 e. The van der Waals surface area contributed by atoms with E-state index in [0.717, 1.165) is 24.2 Å². The first-order valence-corrected chi connectivity index (χ1v) is 6.15. The van der Waals surface area contributed by atoms with Gasteiger partial charge in [0, 0.05) is 24.5 Å². The number of nitrogens with one attached hydrogen (secondary N) is 1. The standard InChI is InChI=1S/C15H15N3/c1-10(9-16)14-15-12(7-8-17-14)11-5-3-4-6-13(11)18(15)2/h3-6,17H,7-8H2,1-2H3/b14-10-. The second kappa shape index (κ2) is 3.92. The van der Waals surface area contributed by atoms with E-state index in [1.165, 1.54) is 22.2 Å². The van der Waals surface area contributed by atoms with Gasteiger partial charge in [0.15, 0.2) is 0 Å². The molecular formula is C15H15N3. The molecule has 0 aliphatic carbocycles. The minimum absolute atomic E-state index is 0.752. The maximum absolute atomic E-state index is 9.12. The number of nitriles is 1. The lowest BCUT2D eigenvalue weighted by atomic mass is 10.0. The number of aryl methyl sites for hydroxylation is 1. The zero-order valence-electron chi connectivity index (χ0n) is 10.6. The SMILES string of the molecule is C/C(C#N)=C1/NCCc2c1n(C)c1ccccc21. The summed E-state index contributed by atoms with van der Waals surface area (Å²) in [5.41, 5.74) is 5.49. The van der Waals surface area contributed by atoms with Crippen LogP contribution in [-0.2, 0) is 13.5 Å². The lowest BCUT2D eigenvalue weighted by Crippen LogP contribution is -2.24. The Bertz CT molecular complexity index is 698. The van der Waals surface area contributed by atoms with Gasteiger partial charge in [-0.2, -0.15) is 5.26 Å². The number of fused-ring (bicyclic) bond motifs is 3. The first-order valence-electron chi connectivity index (χ1n) is 6.15. The molecular weight excluding hydrogens is 222 g/mol. The lowest BCUT2D eigenvalue weighted by Gasteiger charge is -2.20. The third-order valence-electron chi connectivity index (χ3n) is 3.67. The molecule has 0 radical (unpaired) electrons. The molecule has 0 spiro atoms. The summed E-state index contributed by atoms with van der Waals surface area (Å²) in [6.45, 7) is 2.77. The highest BCUT2D eigenvalue weighted by molar-refractivity contribution is 5.91. The van der Waals surface area contributed by atoms with Crippen LogP contribution >= 0.6 is 0 Å². The quantitative estimate of drug-likeness (QED) is 0.715. The molecule has 1 aromatic carbocycles. The number of rotatable bonds is 0. The molecule has 18 heavy (non-hydrogen) atoms. The molecule has 1 N–H and O–H groups in total. The van der Waals surface area contributed by atoms with Crippen LogP contribution in [0.1, 0.15) is 18.2 Å². The van der Waals surface area contributed by atoms with Gasteiger partial charge in [-0.05, 0) is 25.0 Å². The Balaban J connectivity index is 2.41. The number of hydrogen-bond donors (Lipinski definition) is 1. The van der Waals surface area contributed by atoms with Crippen LogP contribution in [-0.4, -0.2) is 11.1 Å². The number of benzene rings is 1. The summed E-state index contributed by atoms with van der Waals surface area (Å²) in [5, 5.41) is 13.8. The molecule has 1 aromatic heterocycles. The monoisotopic (exact) mass is 237 g/mol. The van der Waals surface area contributed by atoms with E-state index in [9.17, 15) is 0 Å². The Labute approximate surface area is 106 Å². The van der Waals surface area contributed by atoms with Crippen molar-refractivity contribution in [1.29, 1.82) is 5.26 Å². The van der Waals surface area contributed by atoms with Crippen molar-refractivity contribution >= 4 is 16.6 Å². The minimum Gasteiger partial charge on any atom is -0.382 e. The van der Waals surface area contributed by atoms with Gasteiger partial charge in [-0.3, -0.25) is 0 Å². The van der Waals surface area contributed by atoms with Crippen LogP contribution in [0.15, 0.2) is 29.8 Å². The molecule has 1 aliphatic rings. The molecule has 2 aromatic rings. The van der Waals surface area contributed by atoms with Gasteiger partial charge in [0.25, 0.3) is 0 Å². The van der Waals surface area contributed by atoms with Crippen molar-refractivity contribution in [3.05, 3.63) is 41.1 Å². The van der Waals surface area contributed by atoms with Crippen molar-refractivity contribution in [1.82, 2.24) is 9.88 Å². The Kier molecular flexibility index (Phi) is 2.38. The fourth-order valence-corrected chi connectivity index (χ4v) is 2.81. The van der Waals surface area contributed by atoms with Gasteiger partial charge in [0.1, 0.15) is 0 Å². The van der Waals surface area contributed by atoms with E-state index in [2.05, 4.69) is 47.3 Å².